The topological polar surface area (TPSA) is 12.0 Å². The number of benzene rings is 1. The predicted octanol–water partition coefficient (Wildman–Crippen LogP) is 4.21. The monoisotopic (exact) mass is 259 g/mol. The molecule has 19 heavy (non-hydrogen) atoms. The normalized spacial score (nSPS) is 24.6. The van der Waals surface area contributed by atoms with Gasteiger partial charge in [0.05, 0.1) is 0 Å². The summed E-state index contributed by atoms with van der Waals surface area (Å²) < 4.78 is 0. The van der Waals surface area contributed by atoms with Crippen LogP contribution in [0.1, 0.15) is 50.7 Å². The van der Waals surface area contributed by atoms with E-state index in [-0.39, 0.29) is 0 Å². The summed E-state index contributed by atoms with van der Waals surface area (Å²) in [6.07, 6.45) is 7.95. The van der Waals surface area contributed by atoms with Gasteiger partial charge in [0, 0.05) is 6.04 Å². The zero-order chi connectivity index (χ0) is 13.7. The van der Waals surface area contributed by atoms with Crippen molar-refractivity contribution in [3.63, 3.8) is 0 Å². The van der Waals surface area contributed by atoms with Crippen LogP contribution >= 0.6 is 0 Å². The SMILES string of the molecule is CCc1ccc(CC(NC)C2CCC(CC)C2)cc1. The van der Waals surface area contributed by atoms with Crippen LogP contribution in [-0.2, 0) is 12.8 Å². The first-order chi connectivity index (χ1) is 9.26. The molecule has 1 heteroatoms. The second-order valence-electron chi connectivity index (χ2n) is 6.12. The Labute approximate surface area is 118 Å². The number of hydrogen-bond acceptors (Lipinski definition) is 1. The van der Waals surface area contributed by atoms with Gasteiger partial charge in [-0.1, -0.05) is 51.0 Å². The maximum atomic E-state index is 3.57. The molecule has 2 rings (SSSR count). The molecule has 0 radical (unpaired) electrons. The Bertz CT molecular complexity index is 368. The van der Waals surface area contributed by atoms with E-state index in [2.05, 4.69) is 50.5 Å². The first kappa shape index (κ1) is 14.6. The molecule has 0 amide bonds. The van der Waals surface area contributed by atoms with Gasteiger partial charge in [-0.15, -0.1) is 0 Å². The highest BCUT2D eigenvalue weighted by atomic mass is 14.9. The molecule has 0 heterocycles. The average Bonchev–Trinajstić information content (AvgIpc) is 2.94. The van der Waals surface area contributed by atoms with E-state index in [1.165, 1.54) is 43.2 Å². The minimum Gasteiger partial charge on any atom is -0.316 e. The largest absolute Gasteiger partial charge is 0.316 e. The molecule has 0 bridgehead atoms. The lowest BCUT2D eigenvalue weighted by Gasteiger charge is -2.23. The molecule has 1 nitrogen and oxygen atoms in total. The van der Waals surface area contributed by atoms with Crippen molar-refractivity contribution in [2.45, 2.75) is 58.4 Å². The van der Waals surface area contributed by atoms with Gasteiger partial charge in [-0.05, 0) is 55.7 Å². The molecule has 0 aliphatic heterocycles. The fraction of sp³-hybridized carbons (Fsp3) is 0.667. The first-order valence-corrected chi connectivity index (χ1v) is 8.01. The molecule has 0 aromatic heterocycles. The molecule has 1 aliphatic rings. The molecule has 0 spiro atoms. The van der Waals surface area contributed by atoms with Crippen molar-refractivity contribution >= 4 is 0 Å². The van der Waals surface area contributed by atoms with Crippen LogP contribution in [0.2, 0.25) is 0 Å². The van der Waals surface area contributed by atoms with Crippen LogP contribution in [0.3, 0.4) is 0 Å². The summed E-state index contributed by atoms with van der Waals surface area (Å²) in [7, 11) is 2.13. The third kappa shape index (κ3) is 3.82. The highest BCUT2D eigenvalue weighted by molar-refractivity contribution is 5.23. The predicted molar refractivity (Wildman–Crippen MR) is 83.5 cm³/mol. The van der Waals surface area contributed by atoms with Gasteiger partial charge in [-0.2, -0.15) is 0 Å². The number of rotatable bonds is 6. The third-order valence-corrected chi connectivity index (χ3v) is 4.99. The van der Waals surface area contributed by atoms with Gasteiger partial charge in [-0.25, -0.2) is 0 Å². The standard InChI is InChI=1S/C18H29N/c1-4-14-6-8-16(9-7-14)13-18(19-3)17-11-10-15(5-2)12-17/h6-9,15,17-19H,4-5,10-13H2,1-3H3. The van der Waals surface area contributed by atoms with Crippen molar-refractivity contribution in [3.05, 3.63) is 35.4 Å². The van der Waals surface area contributed by atoms with Crippen molar-refractivity contribution in [2.24, 2.45) is 11.8 Å². The van der Waals surface area contributed by atoms with Crippen LogP contribution in [0.25, 0.3) is 0 Å². The molecule has 1 saturated carbocycles. The zero-order valence-electron chi connectivity index (χ0n) is 12.8. The molecule has 1 N–H and O–H groups in total. The number of nitrogens with one attached hydrogen (secondary N) is 1. The smallest absolute Gasteiger partial charge is 0.0133 e. The number of likely N-dealkylation sites (N-methyl/N-ethyl adjacent to an activating group) is 1. The Morgan fingerprint density at radius 1 is 1.11 bits per heavy atom. The van der Waals surface area contributed by atoms with Crippen LogP contribution in [0.4, 0.5) is 0 Å². The molecule has 1 aliphatic carbocycles. The van der Waals surface area contributed by atoms with Gasteiger partial charge < -0.3 is 5.32 Å². The van der Waals surface area contributed by atoms with Gasteiger partial charge in [0.2, 0.25) is 0 Å². The van der Waals surface area contributed by atoms with Crippen LogP contribution in [-0.4, -0.2) is 13.1 Å². The van der Waals surface area contributed by atoms with Crippen LogP contribution in [0, 0.1) is 11.8 Å². The number of aryl methyl sites for hydroxylation is 1. The zero-order valence-corrected chi connectivity index (χ0v) is 12.8. The lowest BCUT2D eigenvalue weighted by molar-refractivity contribution is 0.361. The van der Waals surface area contributed by atoms with Crippen LogP contribution < -0.4 is 5.32 Å². The molecular weight excluding hydrogens is 230 g/mol. The average molecular weight is 259 g/mol. The van der Waals surface area contributed by atoms with E-state index in [0.717, 1.165) is 18.3 Å². The minimum atomic E-state index is 0.657. The van der Waals surface area contributed by atoms with Gasteiger partial charge in [0.15, 0.2) is 0 Å². The third-order valence-electron chi connectivity index (χ3n) is 4.99. The summed E-state index contributed by atoms with van der Waals surface area (Å²) in [5.41, 5.74) is 2.92. The van der Waals surface area contributed by atoms with Gasteiger partial charge in [0.25, 0.3) is 0 Å². The summed E-state index contributed by atoms with van der Waals surface area (Å²) in [5, 5.41) is 3.57. The Morgan fingerprint density at radius 2 is 1.79 bits per heavy atom. The Morgan fingerprint density at radius 3 is 2.32 bits per heavy atom. The Balaban J connectivity index is 1.94. The van der Waals surface area contributed by atoms with Crippen molar-refractivity contribution in [3.8, 4) is 0 Å². The summed E-state index contributed by atoms with van der Waals surface area (Å²) >= 11 is 0. The van der Waals surface area contributed by atoms with Crippen molar-refractivity contribution in [2.75, 3.05) is 7.05 Å². The molecule has 1 aromatic carbocycles. The van der Waals surface area contributed by atoms with Crippen LogP contribution in [0.15, 0.2) is 24.3 Å². The molecular formula is C18H29N. The molecule has 106 valence electrons. The second kappa shape index (κ2) is 7.09. The summed E-state index contributed by atoms with van der Waals surface area (Å²) in [4.78, 5) is 0. The van der Waals surface area contributed by atoms with Crippen molar-refractivity contribution in [1.82, 2.24) is 5.32 Å². The van der Waals surface area contributed by atoms with E-state index >= 15 is 0 Å². The summed E-state index contributed by atoms with van der Waals surface area (Å²) in [6, 6.07) is 9.85. The molecule has 1 aromatic rings. The van der Waals surface area contributed by atoms with Crippen molar-refractivity contribution in [1.29, 1.82) is 0 Å². The first-order valence-electron chi connectivity index (χ1n) is 8.01. The maximum absolute atomic E-state index is 3.57. The van der Waals surface area contributed by atoms with E-state index < -0.39 is 0 Å². The molecule has 1 fully saturated rings. The highest BCUT2D eigenvalue weighted by Crippen LogP contribution is 2.35. The van der Waals surface area contributed by atoms with E-state index in [1.54, 1.807) is 0 Å². The lowest BCUT2D eigenvalue weighted by atomic mass is 9.91. The summed E-state index contributed by atoms with van der Waals surface area (Å²) in [6.45, 7) is 4.56. The molecule has 3 unspecified atom stereocenters. The Hall–Kier alpha value is -0.820. The molecule has 3 atom stereocenters. The summed E-state index contributed by atoms with van der Waals surface area (Å²) in [5.74, 6) is 1.85. The minimum absolute atomic E-state index is 0.657. The van der Waals surface area contributed by atoms with E-state index in [1.807, 2.05) is 0 Å². The quantitative estimate of drug-likeness (QED) is 0.807. The van der Waals surface area contributed by atoms with E-state index in [4.69, 9.17) is 0 Å². The van der Waals surface area contributed by atoms with E-state index in [0.29, 0.717) is 6.04 Å². The van der Waals surface area contributed by atoms with Gasteiger partial charge in [-0.3, -0.25) is 0 Å². The van der Waals surface area contributed by atoms with E-state index in [9.17, 15) is 0 Å². The Kier molecular flexibility index (Phi) is 5.45. The second-order valence-corrected chi connectivity index (χ2v) is 6.12. The molecule has 0 saturated heterocycles. The van der Waals surface area contributed by atoms with Crippen molar-refractivity contribution < 1.29 is 0 Å². The van der Waals surface area contributed by atoms with Gasteiger partial charge in [0.1, 0.15) is 0 Å². The van der Waals surface area contributed by atoms with Crippen LogP contribution in [0.5, 0.6) is 0 Å². The fourth-order valence-electron chi connectivity index (χ4n) is 3.52. The fourth-order valence-corrected chi connectivity index (χ4v) is 3.52. The maximum Gasteiger partial charge on any atom is 0.0133 e. The number of hydrogen-bond donors (Lipinski definition) is 1. The lowest BCUT2D eigenvalue weighted by Crippen LogP contribution is -2.34. The highest BCUT2D eigenvalue weighted by Gasteiger charge is 2.29. The van der Waals surface area contributed by atoms with Gasteiger partial charge >= 0.3 is 0 Å².